The van der Waals surface area contributed by atoms with Crippen molar-refractivity contribution < 1.29 is 9.53 Å². The predicted octanol–water partition coefficient (Wildman–Crippen LogP) is 2.73. The van der Waals surface area contributed by atoms with Gasteiger partial charge in [-0.15, -0.1) is 10.2 Å². The molecule has 0 saturated heterocycles. The summed E-state index contributed by atoms with van der Waals surface area (Å²) in [7, 11) is 0. The van der Waals surface area contributed by atoms with Crippen LogP contribution >= 0.6 is 23.1 Å². The first kappa shape index (κ1) is 17.4. The zero-order valence-electron chi connectivity index (χ0n) is 12.3. The van der Waals surface area contributed by atoms with Gasteiger partial charge < -0.3 is 10.1 Å². The second-order valence-electron chi connectivity index (χ2n) is 4.59. The zero-order valence-corrected chi connectivity index (χ0v) is 14.0. The number of hydrogen-bond donors (Lipinski definition) is 1. The van der Waals surface area contributed by atoms with Crippen LogP contribution in [-0.2, 0) is 9.53 Å². The number of nitrogens with zero attached hydrogens (tertiary/aromatic N) is 2. The van der Waals surface area contributed by atoms with Gasteiger partial charge in [-0.05, 0) is 33.2 Å². The fourth-order valence-electron chi connectivity index (χ4n) is 1.91. The van der Waals surface area contributed by atoms with Crippen LogP contribution in [0.5, 0.6) is 0 Å². The van der Waals surface area contributed by atoms with Crippen LogP contribution in [0.1, 0.15) is 40.0 Å². The monoisotopic (exact) mass is 317 g/mol. The average molecular weight is 317 g/mol. The van der Waals surface area contributed by atoms with E-state index < -0.39 is 5.54 Å². The van der Waals surface area contributed by atoms with Crippen LogP contribution in [-0.4, -0.2) is 40.6 Å². The van der Waals surface area contributed by atoms with Crippen LogP contribution in [0, 0.1) is 0 Å². The maximum absolute atomic E-state index is 12.0. The molecule has 1 N–H and O–H groups in total. The van der Waals surface area contributed by atoms with Gasteiger partial charge in [-0.25, -0.2) is 0 Å². The van der Waals surface area contributed by atoms with Crippen molar-refractivity contribution in [1.29, 1.82) is 0 Å². The van der Waals surface area contributed by atoms with Gasteiger partial charge in [0.15, 0.2) is 4.34 Å². The van der Waals surface area contributed by atoms with Gasteiger partial charge in [0.05, 0.1) is 6.61 Å². The summed E-state index contributed by atoms with van der Waals surface area (Å²) in [5.41, 5.74) is 1.17. The van der Waals surface area contributed by atoms with E-state index in [9.17, 15) is 4.79 Å². The fraction of sp³-hybridized carbons (Fsp3) is 0.769. The summed E-state index contributed by atoms with van der Waals surface area (Å²) < 4.78 is 6.16. The van der Waals surface area contributed by atoms with E-state index in [0.29, 0.717) is 6.61 Å². The number of carbonyl (C=O) groups is 1. The maximum atomic E-state index is 12.0. The molecule has 5 nitrogen and oxygen atoms in total. The molecule has 0 spiro atoms. The van der Waals surface area contributed by atoms with Crippen molar-refractivity contribution in [3.05, 3.63) is 5.51 Å². The molecule has 0 aliphatic heterocycles. The highest BCUT2D eigenvalue weighted by Crippen LogP contribution is 2.22. The lowest BCUT2D eigenvalue weighted by Gasteiger charge is -2.28. The summed E-state index contributed by atoms with van der Waals surface area (Å²) in [6.07, 6.45) is 2.81. The van der Waals surface area contributed by atoms with Gasteiger partial charge in [0.25, 0.3) is 0 Å². The number of aromatic nitrogens is 2. The van der Waals surface area contributed by atoms with Crippen LogP contribution < -0.4 is 5.32 Å². The molecule has 1 rings (SSSR count). The number of esters is 1. The van der Waals surface area contributed by atoms with Gasteiger partial charge in [0.1, 0.15) is 11.0 Å². The van der Waals surface area contributed by atoms with Crippen molar-refractivity contribution in [2.75, 3.05) is 18.9 Å². The summed E-state index contributed by atoms with van der Waals surface area (Å²) in [5, 5.41) is 11.0. The van der Waals surface area contributed by atoms with E-state index >= 15 is 0 Å². The van der Waals surface area contributed by atoms with Crippen molar-refractivity contribution in [2.45, 2.75) is 49.9 Å². The molecule has 1 unspecified atom stereocenters. The number of unbranched alkanes of at least 4 members (excludes halogenated alkanes) is 1. The van der Waals surface area contributed by atoms with E-state index in [-0.39, 0.29) is 5.97 Å². The van der Waals surface area contributed by atoms with E-state index in [1.165, 1.54) is 0 Å². The van der Waals surface area contributed by atoms with Crippen molar-refractivity contribution in [3.63, 3.8) is 0 Å². The zero-order chi connectivity index (χ0) is 14.8. The molecule has 20 heavy (non-hydrogen) atoms. The van der Waals surface area contributed by atoms with Gasteiger partial charge in [0.2, 0.25) is 0 Å². The highest BCUT2D eigenvalue weighted by molar-refractivity contribution is 8.00. The lowest BCUT2D eigenvalue weighted by molar-refractivity contribution is -0.150. The van der Waals surface area contributed by atoms with Crippen LogP contribution in [0.15, 0.2) is 9.85 Å². The van der Waals surface area contributed by atoms with Crippen molar-refractivity contribution in [1.82, 2.24) is 15.5 Å². The third kappa shape index (κ3) is 5.76. The predicted molar refractivity (Wildman–Crippen MR) is 83.2 cm³/mol. The van der Waals surface area contributed by atoms with E-state index in [4.69, 9.17) is 4.74 Å². The van der Waals surface area contributed by atoms with Gasteiger partial charge >= 0.3 is 5.97 Å². The molecule has 7 heteroatoms. The normalized spacial score (nSPS) is 13.9. The van der Waals surface area contributed by atoms with Crippen LogP contribution in [0.3, 0.4) is 0 Å². The first-order valence-corrected chi connectivity index (χ1v) is 8.80. The number of hydrogen-bond acceptors (Lipinski definition) is 7. The molecule has 1 atom stereocenters. The third-order valence-electron chi connectivity index (χ3n) is 2.93. The largest absolute Gasteiger partial charge is 0.465 e. The molecule has 0 bridgehead atoms. The molecule has 0 aliphatic carbocycles. The van der Waals surface area contributed by atoms with Crippen LogP contribution in [0.25, 0.3) is 0 Å². The van der Waals surface area contributed by atoms with Gasteiger partial charge in [-0.1, -0.05) is 36.4 Å². The summed E-state index contributed by atoms with van der Waals surface area (Å²) in [5.74, 6) is 0.846. The Hall–Kier alpha value is -0.660. The smallest absolute Gasteiger partial charge is 0.326 e. The Balaban J connectivity index is 2.29. The quantitative estimate of drug-likeness (QED) is 0.407. The summed E-state index contributed by atoms with van der Waals surface area (Å²) >= 11 is 3.28. The molecular weight excluding hydrogens is 294 g/mol. The number of nitrogens with one attached hydrogen (secondary N) is 1. The first-order valence-electron chi connectivity index (χ1n) is 6.93. The number of likely N-dealkylation sites (N-methyl/N-ethyl adjacent to an activating group) is 1. The number of carbonyl (C=O) groups excluding carboxylic acids is 1. The van der Waals surface area contributed by atoms with Gasteiger partial charge in [0, 0.05) is 5.75 Å². The molecular formula is C13H23N3O2S2. The second kappa shape index (κ2) is 9.31. The Morgan fingerprint density at radius 2 is 2.30 bits per heavy atom. The van der Waals surface area contributed by atoms with Gasteiger partial charge in [-0.3, -0.25) is 4.79 Å². The molecule has 0 amide bonds. The van der Waals surface area contributed by atoms with Crippen LogP contribution in [0.4, 0.5) is 0 Å². The lowest BCUT2D eigenvalue weighted by Crippen LogP contribution is -2.50. The minimum atomic E-state index is -0.571. The Kier molecular flexibility index (Phi) is 8.09. The SMILES string of the molecule is CCNC(C)(CCCCSc1nncs1)C(=O)OCC. The van der Waals surface area contributed by atoms with E-state index in [1.807, 2.05) is 20.8 Å². The lowest BCUT2D eigenvalue weighted by atomic mass is 9.95. The molecule has 1 aromatic rings. The van der Waals surface area contributed by atoms with Crippen LogP contribution in [0.2, 0.25) is 0 Å². The topological polar surface area (TPSA) is 64.1 Å². The van der Waals surface area contributed by atoms with Crippen molar-refractivity contribution in [2.24, 2.45) is 0 Å². The molecule has 1 heterocycles. The molecule has 114 valence electrons. The van der Waals surface area contributed by atoms with E-state index in [0.717, 1.165) is 35.9 Å². The fourth-order valence-corrected chi connectivity index (χ4v) is 3.47. The standard InChI is InChI=1S/C13H23N3O2S2/c1-4-14-13(3,11(17)18-5-2)8-6-7-9-19-12-16-15-10-20-12/h10,14H,4-9H2,1-3H3. The maximum Gasteiger partial charge on any atom is 0.326 e. The Morgan fingerprint density at radius 3 is 2.90 bits per heavy atom. The molecule has 0 aromatic carbocycles. The first-order chi connectivity index (χ1) is 9.62. The minimum absolute atomic E-state index is 0.154. The number of ether oxygens (including phenoxy) is 1. The number of thioether (sulfide) groups is 1. The highest BCUT2D eigenvalue weighted by atomic mass is 32.2. The Morgan fingerprint density at radius 1 is 1.50 bits per heavy atom. The van der Waals surface area contributed by atoms with Gasteiger partial charge in [-0.2, -0.15) is 0 Å². The van der Waals surface area contributed by atoms with Crippen molar-refractivity contribution in [3.8, 4) is 0 Å². The number of rotatable bonds is 10. The summed E-state index contributed by atoms with van der Waals surface area (Å²) in [6, 6.07) is 0. The van der Waals surface area contributed by atoms with E-state index in [2.05, 4.69) is 15.5 Å². The summed E-state index contributed by atoms with van der Waals surface area (Å²) in [4.78, 5) is 12.0. The molecule has 0 saturated carbocycles. The minimum Gasteiger partial charge on any atom is -0.465 e. The summed E-state index contributed by atoms with van der Waals surface area (Å²) in [6.45, 7) is 6.94. The molecule has 0 fully saturated rings. The third-order valence-corrected chi connectivity index (χ3v) is 4.88. The molecule has 1 aromatic heterocycles. The second-order valence-corrected chi connectivity index (χ2v) is 6.77. The Labute approximate surface area is 128 Å². The highest BCUT2D eigenvalue weighted by Gasteiger charge is 2.32. The van der Waals surface area contributed by atoms with Crippen molar-refractivity contribution >= 4 is 29.1 Å². The van der Waals surface area contributed by atoms with E-state index in [1.54, 1.807) is 28.6 Å². The molecule has 0 aliphatic rings. The average Bonchev–Trinajstić information content (AvgIpc) is 2.92. The molecule has 0 radical (unpaired) electrons. The Bertz CT molecular complexity index is 387.